The number of rotatable bonds is 2. The van der Waals surface area contributed by atoms with E-state index in [1.54, 1.807) is 0 Å². The maximum absolute atomic E-state index is 2.40. The number of hydrogen-bond acceptors (Lipinski definition) is 0. The predicted octanol–water partition coefficient (Wildman–Crippen LogP) is 4.95. The predicted molar refractivity (Wildman–Crippen MR) is 96.7 cm³/mol. The van der Waals surface area contributed by atoms with Crippen LogP contribution in [0.3, 0.4) is 0 Å². The van der Waals surface area contributed by atoms with Crippen molar-refractivity contribution in [3.63, 3.8) is 0 Å². The summed E-state index contributed by atoms with van der Waals surface area (Å²) in [7, 11) is 0. The molecule has 0 unspecified atom stereocenters. The molecule has 0 fully saturated rings. The summed E-state index contributed by atoms with van der Waals surface area (Å²) in [6.07, 6.45) is 0. The fourth-order valence-electron chi connectivity index (χ4n) is 3.47. The van der Waals surface area contributed by atoms with Gasteiger partial charge in [-0.1, -0.05) is 48.5 Å². The molecule has 0 amide bonds. The number of aromatic nitrogens is 1. The van der Waals surface area contributed by atoms with Gasteiger partial charge in [-0.15, -0.1) is 0 Å². The Kier molecular flexibility index (Phi) is 3.34. The summed E-state index contributed by atoms with van der Waals surface area (Å²) < 4.78 is 2.40. The average molecular weight is 298 g/mol. The van der Waals surface area contributed by atoms with Gasteiger partial charge in [0.25, 0.3) is 0 Å². The first-order valence-corrected chi connectivity index (χ1v) is 8.09. The van der Waals surface area contributed by atoms with Crippen LogP contribution in [0.1, 0.15) is 17.0 Å². The van der Waals surface area contributed by atoms with Gasteiger partial charge < -0.3 is 0 Å². The Hall–Kier alpha value is -2.67. The van der Waals surface area contributed by atoms with E-state index in [0.717, 1.165) is 6.54 Å². The minimum absolute atomic E-state index is 0.903. The summed E-state index contributed by atoms with van der Waals surface area (Å²) >= 11 is 0. The average Bonchev–Trinajstić information content (AvgIpc) is 2.57. The number of hydrogen-bond donors (Lipinski definition) is 0. The first kappa shape index (κ1) is 14.0. The fourth-order valence-corrected chi connectivity index (χ4v) is 3.47. The van der Waals surface area contributed by atoms with Crippen LogP contribution in [0.4, 0.5) is 0 Å². The molecule has 0 bridgehead atoms. The lowest BCUT2D eigenvalue weighted by atomic mass is 9.96. The van der Waals surface area contributed by atoms with Crippen molar-refractivity contribution in [3.8, 4) is 0 Å². The molecule has 1 nitrogen and oxygen atoms in total. The topological polar surface area (TPSA) is 3.88 Å². The fraction of sp³-hybridized carbons (Fsp3) is 0.136. The quantitative estimate of drug-likeness (QED) is 0.364. The van der Waals surface area contributed by atoms with Crippen molar-refractivity contribution in [1.82, 2.24) is 0 Å². The minimum atomic E-state index is 0.903. The SMILES string of the molecule is Cc1cccc(C)[n+]1Cc1c2ccccc2cc2ccccc12. The molecule has 0 aliphatic rings. The molecule has 0 aliphatic heterocycles. The normalized spacial score (nSPS) is 11.2. The van der Waals surface area contributed by atoms with E-state index < -0.39 is 0 Å². The van der Waals surface area contributed by atoms with Crippen LogP contribution in [-0.2, 0) is 6.54 Å². The van der Waals surface area contributed by atoms with Gasteiger partial charge in [0.1, 0.15) is 0 Å². The molecule has 1 heterocycles. The Labute approximate surface area is 136 Å². The molecule has 3 aromatic carbocycles. The zero-order chi connectivity index (χ0) is 15.8. The molecular weight excluding hydrogens is 278 g/mol. The lowest BCUT2D eigenvalue weighted by Gasteiger charge is -2.11. The number of fused-ring (bicyclic) bond motifs is 2. The first-order valence-electron chi connectivity index (χ1n) is 8.09. The highest BCUT2D eigenvalue weighted by Gasteiger charge is 2.15. The first-order chi connectivity index (χ1) is 11.2. The number of pyridine rings is 1. The molecule has 0 atom stereocenters. The molecule has 0 radical (unpaired) electrons. The molecular formula is C22H20N+. The summed E-state index contributed by atoms with van der Waals surface area (Å²) in [4.78, 5) is 0. The maximum atomic E-state index is 2.40. The van der Waals surface area contributed by atoms with Crippen molar-refractivity contribution < 1.29 is 4.57 Å². The molecule has 1 heteroatoms. The third-order valence-corrected chi connectivity index (χ3v) is 4.73. The monoisotopic (exact) mass is 298 g/mol. The molecule has 0 saturated heterocycles. The van der Waals surface area contributed by atoms with Crippen molar-refractivity contribution in [3.05, 3.63) is 89.7 Å². The highest BCUT2D eigenvalue weighted by atomic mass is 15.0. The lowest BCUT2D eigenvalue weighted by Crippen LogP contribution is -2.40. The smallest absolute Gasteiger partial charge is 0.178 e. The molecule has 0 spiro atoms. The summed E-state index contributed by atoms with van der Waals surface area (Å²) in [5, 5.41) is 5.32. The van der Waals surface area contributed by atoms with Crippen molar-refractivity contribution in [2.24, 2.45) is 0 Å². The van der Waals surface area contributed by atoms with E-state index >= 15 is 0 Å². The van der Waals surface area contributed by atoms with Gasteiger partial charge in [0.15, 0.2) is 17.9 Å². The standard InChI is InChI=1S/C22H20N/c1-16-8-7-9-17(2)23(16)15-22-20-12-5-3-10-18(20)14-19-11-4-6-13-21(19)22/h3-14H,15H2,1-2H3/q+1. The van der Waals surface area contributed by atoms with Crippen LogP contribution in [0.2, 0.25) is 0 Å². The van der Waals surface area contributed by atoms with Crippen LogP contribution >= 0.6 is 0 Å². The van der Waals surface area contributed by atoms with Gasteiger partial charge in [0.05, 0.1) is 0 Å². The van der Waals surface area contributed by atoms with Crippen LogP contribution in [0.15, 0.2) is 72.8 Å². The molecule has 4 aromatic rings. The van der Waals surface area contributed by atoms with E-state index in [-0.39, 0.29) is 0 Å². The summed E-state index contributed by atoms with van der Waals surface area (Å²) in [5.41, 5.74) is 3.99. The highest BCUT2D eigenvalue weighted by molar-refractivity contribution is 6.02. The van der Waals surface area contributed by atoms with E-state index in [0.29, 0.717) is 0 Å². The molecule has 1 aromatic heterocycles. The third-order valence-electron chi connectivity index (χ3n) is 4.73. The van der Waals surface area contributed by atoms with Gasteiger partial charge in [0, 0.05) is 31.5 Å². The van der Waals surface area contributed by atoms with Crippen LogP contribution in [-0.4, -0.2) is 0 Å². The van der Waals surface area contributed by atoms with E-state index in [4.69, 9.17) is 0 Å². The van der Waals surface area contributed by atoms with Crippen LogP contribution < -0.4 is 4.57 Å². The van der Waals surface area contributed by atoms with Crippen molar-refractivity contribution in [2.45, 2.75) is 20.4 Å². The van der Waals surface area contributed by atoms with Gasteiger partial charge in [-0.2, -0.15) is 4.57 Å². The molecule has 23 heavy (non-hydrogen) atoms. The van der Waals surface area contributed by atoms with E-state index in [1.807, 2.05) is 0 Å². The second kappa shape index (κ2) is 5.51. The summed E-state index contributed by atoms with van der Waals surface area (Å²) in [5.74, 6) is 0. The Morgan fingerprint density at radius 3 is 1.74 bits per heavy atom. The molecule has 4 rings (SSSR count). The Morgan fingerprint density at radius 2 is 1.17 bits per heavy atom. The largest absolute Gasteiger partial charge is 0.196 e. The van der Waals surface area contributed by atoms with E-state index in [1.165, 1.54) is 38.5 Å². The van der Waals surface area contributed by atoms with E-state index in [9.17, 15) is 0 Å². The van der Waals surface area contributed by atoms with Crippen molar-refractivity contribution >= 4 is 21.5 Å². The Morgan fingerprint density at radius 1 is 0.652 bits per heavy atom. The Balaban J connectivity index is 2.03. The zero-order valence-corrected chi connectivity index (χ0v) is 13.6. The van der Waals surface area contributed by atoms with Crippen molar-refractivity contribution in [1.29, 1.82) is 0 Å². The van der Waals surface area contributed by atoms with Gasteiger partial charge in [-0.25, -0.2) is 0 Å². The third kappa shape index (κ3) is 2.39. The number of benzene rings is 3. The van der Waals surface area contributed by atoms with Crippen molar-refractivity contribution in [2.75, 3.05) is 0 Å². The summed E-state index contributed by atoms with van der Waals surface area (Å²) in [6.45, 7) is 5.26. The number of aryl methyl sites for hydroxylation is 2. The lowest BCUT2D eigenvalue weighted by molar-refractivity contribution is -0.699. The van der Waals surface area contributed by atoms with Crippen LogP contribution in [0.5, 0.6) is 0 Å². The second-order valence-electron chi connectivity index (χ2n) is 6.19. The van der Waals surface area contributed by atoms with Crippen LogP contribution in [0.25, 0.3) is 21.5 Å². The van der Waals surface area contributed by atoms with Gasteiger partial charge in [-0.05, 0) is 33.7 Å². The second-order valence-corrected chi connectivity index (χ2v) is 6.19. The van der Waals surface area contributed by atoms with E-state index in [2.05, 4.69) is 91.2 Å². The molecule has 112 valence electrons. The van der Waals surface area contributed by atoms with Gasteiger partial charge in [-0.3, -0.25) is 0 Å². The van der Waals surface area contributed by atoms with Gasteiger partial charge >= 0.3 is 0 Å². The molecule has 0 aliphatic carbocycles. The maximum Gasteiger partial charge on any atom is 0.178 e. The van der Waals surface area contributed by atoms with Gasteiger partial charge in [0.2, 0.25) is 0 Å². The highest BCUT2D eigenvalue weighted by Crippen LogP contribution is 2.28. The zero-order valence-electron chi connectivity index (χ0n) is 13.6. The molecule has 0 saturated carbocycles. The Bertz CT molecular complexity index is 940. The molecule has 0 N–H and O–H groups in total. The minimum Gasteiger partial charge on any atom is -0.196 e. The van der Waals surface area contributed by atoms with Crippen LogP contribution in [0, 0.1) is 13.8 Å². The summed E-state index contributed by atoms with van der Waals surface area (Å²) in [6, 6.07) is 26.2. The number of nitrogens with zero attached hydrogens (tertiary/aromatic N) is 1.